The summed E-state index contributed by atoms with van der Waals surface area (Å²) in [5.74, 6) is 0.914. The van der Waals surface area contributed by atoms with Crippen molar-refractivity contribution in [3.63, 3.8) is 0 Å². The number of aromatic nitrogens is 6. The molecule has 0 spiro atoms. The molecule has 1 aromatic carbocycles. The second-order valence-corrected chi connectivity index (χ2v) is 7.88. The summed E-state index contributed by atoms with van der Waals surface area (Å²) in [7, 11) is 0. The lowest BCUT2D eigenvalue weighted by atomic mass is 10.0. The topological polar surface area (TPSA) is 95.8 Å². The van der Waals surface area contributed by atoms with Crippen LogP contribution < -0.4 is 4.90 Å². The van der Waals surface area contributed by atoms with Gasteiger partial charge in [0.15, 0.2) is 17.0 Å². The maximum Gasteiger partial charge on any atom is 0.165 e. The number of aliphatic hydroxyl groups excluding tert-OH is 1. The molecule has 29 heavy (non-hydrogen) atoms. The maximum atomic E-state index is 9.40. The molecule has 5 heterocycles. The first-order chi connectivity index (χ1) is 14.3. The number of fused-ring (bicyclic) bond motifs is 5. The van der Waals surface area contributed by atoms with Crippen molar-refractivity contribution in [3.8, 4) is 0 Å². The number of hydrogen-bond acceptors (Lipinski definition) is 6. The molecule has 2 bridgehead atoms. The Kier molecular flexibility index (Phi) is 3.67. The van der Waals surface area contributed by atoms with Gasteiger partial charge in [0.05, 0.1) is 31.7 Å². The molecule has 2 atom stereocenters. The van der Waals surface area contributed by atoms with E-state index in [0.29, 0.717) is 18.6 Å². The molecule has 1 fully saturated rings. The third-order valence-corrected chi connectivity index (χ3v) is 6.21. The van der Waals surface area contributed by atoms with Gasteiger partial charge in [-0.15, -0.1) is 0 Å². The first kappa shape index (κ1) is 16.7. The van der Waals surface area contributed by atoms with Crippen molar-refractivity contribution in [3.05, 3.63) is 65.5 Å². The Morgan fingerprint density at radius 3 is 3.00 bits per heavy atom. The summed E-state index contributed by atoms with van der Waals surface area (Å²) in [5.41, 5.74) is 6.23. The maximum absolute atomic E-state index is 9.40. The van der Waals surface area contributed by atoms with Gasteiger partial charge in [-0.05, 0) is 24.0 Å². The molecule has 0 radical (unpaired) electrons. The third kappa shape index (κ3) is 2.56. The number of H-pyrrole nitrogens is 1. The fourth-order valence-electron chi connectivity index (χ4n) is 4.91. The van der Waals surface area contributed by atoms with Crippen molar-refractivity contribution in [2.24, 2.45) is 0 Å². The number of imidazole rings is 1. The molecule has 146 valence electrons. The van der Waals surface area contributed by atoms with Gasteiger partial charge in [-0.2, -0.15) is 5.10 Å². The van der Waals surface area contributed by atoms with Crippen LogP contribution in [0.15, 0.2) is 43.1 Å². The summed E-state index contributed by atoms with van der Waals surface area (Å²) in [6.45, 7) is 0.693. The highest BCUT2D eigenvalue weighted by Crippen LogP contribution is 2.46. The smallest absolute Gasteiger partial charge is 0.165 e. The minimum absolute atomic E-state index is 0.0402. The molecule has 3 aromatic heterocycles. The van der Waals surface area contributed by atoms with Crippen molar-refractivity contribution in [2.45, 2.75) is 44.5 Å². The van der Waals surface area contributed by atoms with E-state index in [-0.39, 0.29) is 6.61 Å². The van der Waals surface area contributed by atoms with Crippen LogP contribution in [-0.4, -0.2) is 40.9 Å². The first-order valence-corrected chi connectivity index (χ1v) is 9.97. The summed E-state index contributed by atoms with van der Waals surface area (Å²) >= 11 is 0. The number of benzene rings is 1. The van der Waals surface area contributed by atoms with Crippen LogP contribution in [0.4, 0.5) is 5.82 Å². The van der Waals surface area contributed by atoms with Crippen LogP contribution in [0.2, 0.25) is 0 Å². The van der Waals surface area contributed by atoms with Gasteiger partial charge < -0.3 is 14.6 Å². The molecule has 1 saturated heterocycles. The lowest BCUT2D eigenvalue weighted by Gasteiger charge is -2.35. The Labute approximate surface area is 167 Å². The Hall–Kier alpha value is -3.26. The predicted octanol–water partition coefficient (Wildman–Crippen LogP) is 2.36. The molecular formula is C21H21N7O. The van der Waals surface area contributed by atoms with Crippen molar-refractivity contribution < 1.29 is 5.11 Å². The van der Waals surface area contributed by atoms with Gasteiger partial charge in [-0.25, -0.2) is 15.0 Å². The molecule has 0 saturated carbocycles. The van der Waals surface area contributed by atoms with Crippen molar-refractivity contribution in [2.75, 3.05) is 4.90 Å². The number of anilines is 1. The first-order valence-electron chi connectivity index (χ1n) is 9.97. The number of rotatable bonds is 4. The monoisotopic (exact) mass is 387 g/mol. The number of hydrogen-bond donors (Lipinski definition) is 2. The Morgan fingerprint density at radius 2 is 2.07 bits per heavy atom. The highest BCUT2D eigenvalue weighted by atomic mass is 16.3. The molecule has 2 N–H and O–H groups in total. The lowest BCUT2D eigenvalue weighted by Crippen LogP contribution is -2.38. The Morgan fingerprint density at radius 1 is 1.14 bits per heavy atom. The van der Waals surface area contributed by atoms with Crippen LogP contribution in [0, 0.1) is 0 Å². The molecule has 2 aliphatic heterocycles. The quantitative estimate of drug-likeness (QED) is 0.558. The van der Waals surface area contributed by atoms with E-state index >= 15 is 0 Å². The summed E-state index contributed by atoms with van der Waals surface area (Å²) in [4.78, 5) is 16.3. The average Bonchev–Trinajstić information content (AvgIpc) is 3.46. The van der Waals surface area contributed by atoms with E-state index in [0.717, 1.165) is 47.4 Å². The van der Waals surface area contributed by atoms with Gasteiger partial charge in [-0.3, -0.25) is 5.10 Å². The van der Waals surface area contributed by atoms with Gasteiger partial charge >= 0.3 is 0 Å². The molecule has 2 aliphatic rings. The lowest BCUT2D eigenvalue weighted by molar-refractivity contribution is 0.281. The summed E-state index contributed by atoms with van der Waals surface area (Å²) < 4.78 is 2.05. The van der Waals surface area contributed by atoms with Gasteiger partial charge in [0.25, 0.3) is 0 Å². The minimum Gasteiger partial charge on any atom is -0.392 e. The van der Waals surface area contributed by atoms with Crippen LogP contribution in [-0.2, 0) is 19.6 Å². The van der Waals surface area contributed by atoms with E-state index in [1.54, 1.807) is 6.33 Å². The molecule has 0 amide bonds. The molecular weight excluding hydrogens is 366 g/mol. The Balaban J connectivity index is 1.39. The second kappa shape index (κ2) is 6.38. The number of nitrogens with one attached hydrogen (secondary N) is 1. The minimum atomic E-state index is 0.0402. The standard InChI is InChI=1S/C21H21N7O/c29-10-14-3-1-2-13(6-14)9-27-12-24-19-20(27)22-11-23-21(19)28-15-4-5-18(28)16-8-25-26-17(16)7-15/h1-3,6,8,11-12,15,18,29H,4-5,7,9-10H2,(H,25,26). The fraction of sp³-hybridized carbons (Fsp3) is 0.333. The summed E-state index contributed by atoms with van der Waals surface area (Å²) in [6, 6.07) is 8.67. The molecule has 0 aliphatic carbocycles. The molecule has 8 heteroatoms. The van der Waals surface area contributed by atoms with E-state index in [4.69, 9.17) is 4.98 Å². The number of aliphatic hydroxyl groups is 1. The zero-order valence-electron chi connectivity index (χ0n) is 15.9. The van der Waals surface area contributed by atoms with E-state index in [2.05, 4.69) is 31.1 Å². The van der Waals surface area contributed by atoms with Crippen molar-refractivity contribution >= 4 is 17.0 Å². The predicted molar refractivity (Wildman–Crippen MR) is 107 cm³/mol. The fourth-order valence-corrected chi connectivity index (χ4v) is 4.91. The molecule has 4 aromatic rings. The van der Waals surface area contributed by atoms with Crippen LogP contribution in [0.25, 0.3) is 11.2 Å². The normalized spacial score (nSPS) is 20.4. The average molecular weight is 387 g/mol. The third-order valence-electron chi connectivity index (χ3n) is 6.21. The van der Waals surface area contributed by atoms with E-state index in [1.165, 1.54) is 11.3 Å². The van der Waals surface area contributed by atoms with E-state index < -0.39 is 0 Å². The van der Waals surface area contributed by atoms with Crippen LogP contribution >= 0.6 is 0 Å². The second-order valence-electron chi connectivity index (χ2n) is 7.88. The summed E-state index contributed by atoms with van der Waals surface area (Å²) in [6.07, 6.45) is 8.66. The molecule has 6 rings (SSSR count). The van der Waals surface area contributed by atoms with Gasteiger partial charge in [0.1, 0.15) is 6.33 Å². The van der Waals surface area contributed by atoms with Crippen molar-refractivity contribution in [1.82, 2.24) is 29.7 Å². The number of aromatic amines is 1. The summed E-state index contributed by atoms with van der Waals surface area (Å²) in [5, 5.41) is 16.8. The zero-order chi connectivity index (χ0) is 19.4. The molecule has 8 nitrogen and oxygen atoms in total. The highest BCUT2D eigenvalue weighted by molar-refractivity contribution is 5.84. The van der Waals surface area contributed by atoms with Gasteiger partial charge in [-0.1, -0.05) is 24.3 Å². The molecule has 2 unspecified atom stereocenters. The SMILES string of the molecule is OCc1cccc(Cn2cnc3c(N4C5CCC4c4cn[nH]c4C5)ncnc32)c1. The van der Waals surface area contributed by atoms with Crippen molar-refractivity contribution in [1.29, 1.82) is 0 Å². The van der Waals surface area contributed by atoms with Gasteiger partial charge in [0, 0.05) is 23.7 Å². The van der Waals surface area contributed by atoms with E-state index in [1.807, 2.05) is 35.3 Å². The highest BCUT2D eigenvalue weighted by Gasteiger charge is 2.42. The number of nitrogens with zero attached hydrogens (tertiary/aromatic N) is 6. The van der Waals surface area contributed by atoms with Crippen LogP contribution in [0.3, 0.4) is 0 Å². The van der Waals surface area contributed by atoms with Crippen LogP contribution in [0.5, 0.6) is 0 Å². The van der Waals surface area contributed by atoms with E-state index in [9.17, 15) is 5.11 Å². The Bertz CT molecular complexity index is 1200. The van der Waals surface area contributed by atoms with Crippen LogP contribution in [0.1, 0.15) is 41.3 Å². The van der Waals surface area contributed by atoms with Gasteiger partial charge in [0.2, 0.25) is 0 Å². The zero-order valence-corrected chi connectivity index (χ0v) is 15.9. The largest absolute Gasteiger partial charge is 0.392 e.